The van der Waals surface area contributed by atoms with Crippen molar-refractivity contribution in [3.63, 3.8) is 0 Å². The van der Waals surface area contributed by atoms with Crippen LogP contribution in [0, 0.1) is 5.92 Å². The van der Waals surface area contributed by atoms with Crippen LogP contribution in [0.1, 0.15) is 32.1 Å². The summed E-state index contributed by atoms with van der Waals surface area (Å²) in [5.41, 5.74) is 7.81. The lowest BCUT2D eigenvalue weighted by Gasteiger charge is -2.22. The van der Waals surface area contributed by atoms with Crippen LogP contribution >= 0.6 is 0 Å². The number of hydrogen-bond acceptors (Lipinski definition) is 3. The Bertz CT molecular complexity index is 511. The van der Waals surface area contributed by atoms with Crippen LogP contribution < -0.4 is 5.73 Å². The summed E-state index contributed by atoms with van der Waals surface area (Å²) in [4.78, 5) is 8.74. The van der Waals surface area contributed by atoms with E-state index in [-0.39, 0.29) is 0 Å². The predicted octanol–water partition coefficient (Wildman–Crippen LogP) is 2.59. The van der Waals surface area contributed by atoms with Crippen LogP contribution in [-0.4, -0.2) is 14.5 Å². The lowest BCUT2D eigenvalue weighted by atomic mass is 9.89. The van der Waals surface area contributed by atoms with Gasteiger partial charge in [-0.1, -0.05) is 19.3 Å². The fourth-order valence-corrected chi connectivity index (χ4v) is 2.78. The molecule has 0 aliphatic heterocycles. The van der Waals surface area contributed by atoms with E-state index in [2.05, 4.69) is 14.5 Å². The summed E-state index contributed by atoms with van der Waals surface area (Å²) >= 11 is 0. The van der Waals surface area contributed by atoms with Crippen molar-refractivity contribution in [1.29, 1.82) is 0 Å². The van der Waals surface area contributed by atoms with Gasteiger partial charge in [-0.25, -0.2) is 9.97 Å². The molecule has 2 N–H and O–H groups in total. The molecule has 0 amide bonds. The predicted molar refractivity (Wildman–Crippen MR) is 68.5 cm³/mol. The van der Waals surface area contributed by atoms with Gasteiger partial charge in [0.15, 0.2) is 5.65 Å². The zero-order chi connectivity index (χ0) is 11.7. The van der Waals surface area contributed by atoms with E-state index in [0.29, 0.717) is 5.95 Å². The van der Waals surface area contributed by atoms with Crippen LogP contribution in [0.15, 0.2) is 18.3 Å². The Kier molecular flexibility index (Phi) is 2.71. The molecule has 2 aromatic rings. The van der Waals surface area contributed by atoms with E-state index in [1.807, 2.05) is 12.1 Å². The minimum atomic E-state index is 0.601. The van der Waals surface area contributed by atoms with Crippen LogP contribution in [0.5, 0.6) is 0 Å². The second-order valence-corrected chi connectivity index (χ2v) is 4.93. The number of anilines is 1. The lowest BCUT2D eigenvalue weighted by molar-refractivity contribution is 0.323. The minimum absolute atomic E-state index is 0.601. The fourth-order valence-electron chi connectivity index (χ4n) is 2.78. The number of fused-ring (bicyclic) bond motifs is 1. The van der Waals surface area contributed by atoms with Gasteiger partial charge < -0.3 is 5.73 Å². The molecule has 2 aromatic heterocycles. The molecule has 4 heteroatoms. The highest BCUT2D eigenvalue weighted by atomic mass is 15.2. The van der Waals surface area contributed by atoms with Gasteiger partial charge in [-0.15, -0.1) is 0 Å². The number of pyridine rings is 1. The van der Waals surface area contributed by atoms with E-state index in [1.165, 1.54) is 32.1 Å². The average Bonchev–Trinajstić information content (AvgIpc) is 2.68. The standard InChI is InChI=1S/C13H18N4/c14-13-16-11-7-4-8-15-12(11)17(13)9-10-5-2-1-3-6-10/h4,7-8,10H,1-3,5-6,9H2,(H2,14,16). The van der Waals surface area contributed by atoms with Gasteiger partial charge in [-0.2, -0.15) is 0 Å². The Morgan fingerprint density at radius 3 is 2.94 bits per heavy atom. The maximum atomic E-state index is 5.98. The van der Waals surface area contributed by atoms with Crippen LogP contribution in [0.25, 0.3) is 11.2 Å². The van der Waals surface area contributed by atoms with Gasteiger partial charge in [-0.3, -0.25) is 4.57 Å². The van der Waals surface area contributed by atoms with E-state index in [0.717, 1.165) is 23.6 Å². The number of imidazole rings is 1. The SMILES string of the molecule is Nc1nc2cccnc2n1CC1CCCCC1. The molecule has 0 radical (unpaired) electrons. The Balaban J connectivity index is 1.90. The van der Waals surface area contributed by atoms with E-state index >= 15 is 0 Å². The van der Waals surface area contributed by atoms with Gasteiger partial charge in [0.1, 0.15) is 5.52 Å². The molecule has 0 atom stereocenters. The smallest absolute Gasteiger partial charge is 0.202 e. The van der Waals surface area contributed by atoms with E-state index in [1.54, 1.807) is 6.20 Å². The Labute approximate surface area is 101 Å². The number of nitrogen functional groups attached to an aromatic ring is 1. The first-order valence-electron chi connectivity index (χ1n) is 6.41. The van der Waals surface area contributed by atoms with Crippen LogP contribution in [0.2, 0.25) is 0 Å². The first kappa shape index (κ1) is 10.6. The Hall–Kier alpha value is -1.58. The lowest BCUT2D eigenvalue weighted by Crippen LogP contribution is -2.15. The maximum absolute atomic E-state index is 5.98. The first-order chi connectivity index (χ1) is 8.34. The molecule has 0 unspecified atom stereocenters. The number of nitrogens with two attached hydrogens (primary N) is 1. The van der Waals surface area contributed by atoms with E-state index < -0.39 is 0 Å². The van der Waals surface area contributed by atoms with Crippen molar-refractivity contribution >= 4 is 17.1 Å². The van der Waals surface area contributed by atoms with Gasteiger partial charge >= 0.3 is 0 Å². The monoisotopic (exact) mass is 230 g/mol. The van der Waals surface area contributed by atoms with Crippen molar-refractivity contribution in [2.75, 3.05) is 5.73 Å². The Morgan fingerprint density at radius 1 is 1.29 bits per heavy atom. The van der Waals surface area contributed by atoms with Crippen LogP contribution in [0.4, 0.5) is 5.95 Å². The molecule has 0 aromatic carbocycles. The second-order valence-electron chi connectivity index (χ2n) is 4.93. The summed E-state index contributed by atoms with van der Waals surface area (Å²) in [5, 5.41) is 0. The minimum Gasteiger partial charge on any atom is -0.369 e. The van der Waals surface area contributed by atoms with Crippen LogP contribution in [-0.2, 0) is 6.54 Å². The molecule has 90 valence electrons. The third-order valence-electron chi connectivity index (χ3n) is 3.70. The Morgan fingerprint density at radius 2 is 2.12 bits per heavy atom. The molecule has 0 spiro atoms. The van der Waals surface area contributed by atoms with Crippen molar-refractivity contribution in [2.45, 2.75) is 38.6 Å². The molecule has 1 aliphatic carbocycles. The van der Waals surface area contributed by atoms with Crippen molar-refractivity contribution < 1.29 is 0 Å². The average molecular weight is 230 g/mol. The van der Waals surface area contributed by atoms with Gasteiger partial charge in [0.2, 0.25) is 5.95 Å². The number of nitrogens with zero attached hydrogens (tertiary/aromatic N) is 3. The highest BCUT2D eigenvalue weighted by molar-refractivity contribution is 5.73. The van der Waals surface area contributed by atoms with Crippen molar-refractivity contribution in [2.24, 2.45) is 5.92 Å². The topological polar surface area (TPSA) is 56.7 Å². The molecule has 1 aliphatic rings. The molecule has 1 saturated carbocycles. The quantitative estimate of drug-likeness (QED) is 0.862. The third-order valence-corrected chi connectivity index (χ3v) is 3.70. The summed E-state index contributed by atoms with van der Waals surface area (Å²) in [5.74, 6) is 1.34. The largest absolute Gasteiger partial charge is 0.369 e. The summed E-state index contributed by atoms with van der Waals surface area (Å²) in [6.07, 6.45) is 8.52. The highest BCUT2D eigenvalue weighted by Crippen LogP contribution is 2.27. The summed E-state index contributed by atoms with van der Waals surface area (Å²) in [6.45, 7) is 0.972. The van der Waals surface area contributed by atoms with Crippen molar-refractivity contribution in [3.05, 3.63) is 18.3 Å². The molecule has 2 heterocycles. The highest BCUT2D eigenvalue weighted by Gasteiger charge is 2.17. The first-order valence-corrected chi connectivity index (χ1v) is 6.41. The summed E-state index contributed by atoms with van der Waals surface area (Å²) in [6, 6.07) is 3.87. The van der Waals surface area contributed by atoms with Gasteiger partial charge in [-0.05, 0) is 30.9 Å². The number of hydrogen-bond donors (Lipinski definition) is 1. The summed E-state index contributed by atoms with van der Waals surface area (Å²) < 4.78 is 2.07. The maximum Gasteiger partial charge on any atom is 0.202 e. The normalized spacial score (nSPS) is 17.6. The molecule has 4 nitrogen and oxygen atoms in total. The van der Waals surface area contributed by atoms with E-state index in [9.17, 15) is 0 Å². The van der Waals surface area contributed by atoms with Crippen LogP contribution in [0.3, 0.4) is 0 Å². The molecule has 17 heavy (non-hydrogen) atoms. The third kappa shape index (κ3) is 1.99. The fraction of sp³-hybridized carbons (Fsp3) is 0.538. The molecule has 0 bridgehead atoms. The zero-order valence-electron chi connectivity index (χ0n) is 9.97. The number of aromatic nitrogens is 3. The van der Waals surface area contributed by atoms with E-state index in [4.69, 9.17) is 5.73 Å². The van der Waals surface area contributed by atoms with Gasteiger partial charge in [0.25, 0.3) is 0 Å². The molecule has 3 rings (SSSR count). The van der Waals surface area contributed by atoms with Crippen molar-refractivity contribution in [1.82, 2.24) is 14.5 Å². The van der Waals surface area contributed by atoms with Gasteiger partial charge in [0.05, 0.1) is 0 Å². The van der Waals surface area contributed by atoms with Gasteiger partial charge in [0, 0.05) is 12.7 Å². The second kappa shape index (κ2) is 4.35. The summed E-state index contributed by atoms with van der Waals surface area (Å²) in [7, 11) is 0. The number of rotatable bonds is 2. The molecule has 0 saturated heterocycles. The molecule has 1 fully saturated rings. The van der Waals surface area contributed by atoms with Crippen molar-refractivity contribution in [3.8, 4) is 0 Å². The molecular weight excluding hydrogens is 212 g/mol. The molecular formula is C13H18N4. The zero-order valence-corrected chi connectivity index (χ0v) is 9.97.